The van der Waals surface area contributed by atoms with E-state index in [1.165, 1.54) is 0 Å². The van der Waals surface area contributed by atoms with Crippen molar-refractivity contribution in [2.75, 3.05) is 32.8 Å². The minimum atomic E-state index is -3.52. The number of ether oxygens (including phenoxy) is 2. The fraction of sp³-hybridized carbons (Fsp3) is 0.600. The summed E-state index contributed by atoms with van der Waals surface area (Å²) in [5.41, 5.74) is 0. The van der Waals surface area contributed by atoms with E-state index in [0.717, 1.165) is 6.54 Å². The number of sulfonamides is 1. The Morgan fingerprint density at radius 2 is 2.09 bits per heavy atom. The maximum Gasteiger partial charge on any atom is 0.240 e. The Morgan fingerprint density at radius 1 is 1.36 bits per heavy atom. The molecule has 6 nitrogen and oxygen atoms in total. The quantitative estimate of drug-likeness (QED) is 0.780. The predicted octanol–water partition coefficient (Wildman–Crippen LogP) is 0.988. The molecule has 7 heteroatoms. The van der Waals surface area contributed by atoms with Gasteiger partial charge >= 0.3 is 0 Å². The molecule has 1 heterocycles. The molecule has 0 spiro atoms. The zero-order chi connectivity index (χ0) is 16.0. The summed E-state index contributed by atoms with van der Waals surface area (Å²) in [5, 5.41) is 3.17. The average Bonchev–Trinajstić information content (AvgIpc) is 2.52. The van der Waals surface area contributed by atoms with Crippen LogP contribution in [0.3, 0.4) is 0 Å². The smallest absolute Gasteiger partial charge is 0.240 e. The van der Waals surface area contributed by atoms with Gasteiger partial charge in [0.15, 0.2) is 0 Å². The van der Waals surface area contributed by atoms with Gasteiger partial charge in [0.25, 0.3) is 0 Å². The van der Waals surface area contributed by atoms with E-state index in [0.29, 0.717) is 31.4 Å². The van der Waals surface area contributed by atoms with Crippen molar-refractivity contribution in [1.29, 1.82) is 0 Å². The van der Waals surface area contributed by atoms with Crippen LogP contribution in [0.15, 0.2) is 29.2 Å². The van der Waals surface area contributed by atoms with Gasteiger partial charge < -0.3 is 14.8 Å². The number of benzene rings is 1. The fourth-order valence-electron chi connectivity index (χ4n) is 2.01. The zero-order valence-electron chi connectivity index (χ0n) is 13.0. The average molecular weight is 328 g/mol. The second kappa shape index (κ2) is 7.92. The minimum Gasteiger partial charge on any atom is -0.493 e. The standard InChI is InChI=1S/C15H24N2O4S/c1-12(2)11-21-13-3-5-15(6-4-13)22(18,19)17-10-14-9-16-7-8-20-14/h3-6,12,14,16-17H,7-11H2,1-2H3. The largest absolute Gasteiger partial charge is 0.493 e. The Balaban J connectivity index is 1.90. The van der Waals surface area contributed by atoms with Gasteiger partial charge in [-0.25, -0.2) is 13.1 Å². The summed E-state index contributed by atoms with van der Waals surface area (Å²) in [4.78, 5) is 0.230. The van der Waals surface area contributed by atoms with Gasteiger partial charge in [-0.3, -0.25) is 0 Å². The van der Waals surface area contributed by atoms with E-state index in [1.807, 2.05) is 0 Å². The lowest BCUT2D eigenvalue weighted by Gasteiger charge is -2.23. The van der Waals surface area contributed by atoms with E-state index in [2.05, 4.69) is 23.9 Å². The monoisotopic (exact) mass is 328 g/mol. The normalized spacial score (nSPS) is 19.3. The van der Waals surface area contributed by atoms with Gasteiger partial charge in [0, 0.05) is 19.6 Å². The lowest BCUT2D eigenvalue weighted by atomic mass is 10.2. The van der Waals surface area contributed by atoms with E-state index >= 15 is 0 Å². The first-order valence-electron chi connectivity index (χ1n) is 7.52. The molecule has 0 radical (unpaired) electrons. The highest BCUT2D eigenvalue weighted by molar-refractivity contribution is 7.89. The Kier molecular flexibility index (Phi) is 6.19. The molecule has 1 unspecified atom stereocenters. The van der Waals surface area contributed by atoms with Gasteiger partial charge in [-0.05, 0) is 30.2 Å². The van der Waals surface area contributed by atoms with Crippen LogP contribution in [0.5, 0.6) is 5.75 Å². The summed E-state index contributed by atoms with van der Waals surface area (Å²) in [6, 6.07) is 6.46. The van der Waals surface area contributed by atoms with Crippen molar-refractivity contribution in [1.82, 2.24) is 10.0 Å². The summed E-state index contributed by atoms with van der Waals surface area (Å²) in [6.45, 7) is 7.06. The van der Waals surface area contributed by atoms with Crippen LogP contribution >= 0.6 is 0 Å². The van der Waals surface area contributed by atoms with Crippen molar-refractivity contribution in [2.24, 2.45) is 5.92 Å². The summed E-state index contributed by atoms with van der Waals surface area (Å²) in [7, 11) is -3.52. The molecule has 1 aromatic carbocycles. The maximum absolute atomic E-state index is 12.2. The molecule has 1 aliphatic rings. The van der Waals surface area contributed by atoms with Gasteiger partial charge in [0.2, 0.25) is 10.0 Å². The van der Waals surface area contributed by atoms with Crippen molar-refractivity contribution < 1.29 is 17.9 Å². The molecule has 2 rings (SSSR count). The Bertz CT molecular complexity index is 551. The minimum absolute atomic E-state index is 0.128. The number of morpholine rings is 1. The van der Waals surface area contributed by atoms with Gasteiger partial charge in [-0.2, -0.15) is 0 Å². The highest BCUT2D eigenvalue weighted by Gasteiger charge is 2.19. The Labute approximate surface area is 132 Å². The van der Waals surface area contributed by atoms with Crippen molar-refractivity contribution in [3.63, 3.8) is 0 Å². The highest BCUT2D eigenvalue weighted by atomic mass is 32.2. The number of hydrogen-bond donors (Lipinski definition) is 2. The van der Waals surface area contributed by atoms with Crippen molar-refractivity contribution >= 4 is 10.0 Å². The van der Waals surface area contributed by atoms with Crippen LogP contribution in [0.25, 0.3) is 0 Å². The third kappa shape index (κ3) is 5.24. The van der Waals surface area contributed by atoms with Crippen LogP contribution < -0.4 is 14.8 Å². The van der Waals surface area contributed by atoms with Crippen LogP contribution in [-0.4, -0.2) is 47.4 Å². The molecule has 22 heavy (non-hydrogen) atoms. The molecular formula is C15H24N2O4S. The van der Waals surface area contributed by atoms with E-state index in [1.54, 1.807) is 24.3 Å². The van der Waals surface area contributed by atoms with Crippen molar-refractivity contribution in [3.8, 4) is 5.75 Å². The molecule has 0 saturated carbocycles. The molecule has 1 fully saturated rings. The molecule has 124 valence electrons. The Morgan fingerprint density at radius 3 is 2.68 bits per heavy atom. The van der Waals surface area contributed by atoms with E-state index < -0.39 is 10.0 Å². The van der Waals surface area contributed by atoms with Crippen LogP contribution in [0.1, 0.15) is 13.8 Å². The first-order valence-corrected chi connectivity index (χ1v) is 9.00. The summed E-state index contributed by atoms with van der Waals surface area (Å²) in [6.07, 6.45) is -0.128. The first kappa shape index (κ1) is 17.2. The summed E-state index contributed by atoms with van der Waals surface area (Å²) < 4.78 is 38.0. The number of hydrogen-bond acceptors (Lipinski definition) is 5. The van der Waals surface area contributed by atoms with E-state index in [-0.39, 0.29) is 17.5 Å². The first-order chi connectivity index (χ1) is 10.5. The number of nitrogens with one attached hydrogen (secondary N) is 2. The van der Waals surface area contributed by atoms with Crippen molar-refractivity contribution in [2.45, 2.75) is 24.8 Å². The van der Waals surface area contributed by atoms with Crippen molar-refractivity contribution in [3.05, 3.63) is 24.3 Å². The zero-order valence-corrected chi connectivity index (χ0v) is 13.9. The third-order valence-electron chi connectivity index (χ3n) is 3.22. The molecule has 1 atom stereocenters. The number of rotatable bonds is 7. The van der Waals surface area contributed by atoms with E-state index in [9.17, 15) is 8.42 Å². The van der Waals surface area contributed by atoms with Gasteiger partial charge in [0.1, 0.15) is 5.75 Å². The second-order valence-electron chi connectivity index (χ2n) is 5.73. The van der Waals surface area contributed by atoms with E-state index in [4.69, 9.17) is 9.47 Å². The second-order valence-corrected chi connectivity index (χ2v) is 7.49. The van der Waals surface area contributed by atoms with Gasteiger partial charge in [-0.1, -0.05) is 13.8 Å². The summed E-state index contributed by atoms with van der Waals surface area (Å²) in [5.74, 6) is 1.10. The topological polar surface area (TPSA) is 76.7 Å². The van der Waals surface area contributed by atoms with Crippen LogP contribution in [-0.2, 0) is 14.8 Å². The highest BCUT2D eigenvalue weighted by Crippen LogP contribution is 2.16. The lowest BCUT2D eigenvalue weighted by Crippen LogP contribution is -2.45. The van der Waals surface area contributed by atoms with Gasteiger partial charge in [0.05, 0.1) is 24.2 Å². The molecule has 1 aliphatic heterocycles. The van der Waals surface area contributed by atoms with Crippen LogP contribution in [0.4, 0.5) is 0 Å². The molecule has 0 amide bonds. The molecule has 0 aliphatic carbocycles. The maximum atomic E-state index is 12.2. The SMILES string of the molecule is CC(C)COc1ccc(S(=O)(=O)NCC2CNCCO2)cc1. The Hall–Kier alpha value is -1.15. The van der Waals surface area contributed by atoms with Crippen LogP contribution in [0.2, 0.25) is 0 Å². The molecule has 0 bridgehead atoms. The molecule has 1 saturated heterocycles. The molecule has 0 aromatic heterocycles. The summed E-state index contributed by atoms with van der Waals surface area (Å²) >= 11 is 0. The van der Waals surface area contributed by atoms with Crippen LogP contribution in [0, 0.1) is 5.92 Å². The lowest BCUT2D eigenvalue weighted by molar-refractivity contribution is 0.0324. The third-order valence-corrected chi connectivity index (χ3v) is 4.66. The fourth-order valence-corrected chi connectivity index (χ4v) is 3.08. The molecule has 2 N–H and O–H groups in total. The van der Waals surface area contributed by atoms with Gasteiger partial charge in [-0.15, -0.1) is 0 Å². The molecular weight excluding hydrogens is 304 g/mol. The predicted molar refractivity (Wildman–Crippen MR) is 84.6 cm³/mol. The molecule has 1 aromatic rings.